The van der Waals surface area contributed by atoms with Gasteiger partial charge in [0, 0.05) is 43.9 Å². The van der Waals surface area contributed by atoms with Crippen molar-refractivity contribution in [1.29, 1.82) is 5.26 Å². The van der Waals surface area contributed by atoms with Crippen molar-refractivity contribution < 1.29 is 13.9 Å². The van der Waals surface area contributed by atoms with Crippen molar-refractivity contribution in [3.63, 3.8) is 0 Å². The first kappa shape index (κ1) is 25.3. The summed E-state index contributed by atoms with van der Waals surface area (Å²) in [6.45, 7) is 3.85. The molecule has 1 aliphatic rings. The number of nitrogens with zero attached hydrogens (tertiary/aromatic N) is 3. The fraction of sp³-hybridized carbons (Fsp3) is 0.250. The van der Waals surface area contributed by atoms with Gasteiger partial charge in [0.2, 0.25) is 5.91 Å². The third kappa shape index (κ3) is 4.80. The minimum Gasteiger partial charge on any atom is -0.496 e. The van der Waals surface area contributed by atoms with E-state index in [1.54, 1.807) is 25.0 Å². The van der Waals surface area contributed by atoms with Gasteiger partial charge < -0.3 is 14.5 Å². The quantitative estimate of drug-likeness (QED) is 0.318. The summed E-state index contributed by atoms with van der Waals surface area (Å²) in [6.07, 6.45) is 0.265. The van der Waals surface area contributed by atoms with Crippen molar-refractivity contribution in [3.05, 3.63) is 96.3 Å². The number of carbonyl (C=O) groups is 1. The molecule has 1 heterocycles. The summed E-state index contributed by atoms with van der Waals surface area (Å²) in [5.74, 6) is 0.277. The molecule has 1 unspecified atom stereocenters. The molecule has 6 heteroatoms. The molecule has 192 valence electrons. The third-order valence-corrected chi connectivity index (χ3v) is 7.43. The van der Waals surface area contributed by atoms with Crippen molar-refractivity contribution in [1.82, 2.24) is 4.90 Å². The number of para-hydroxylation sites is 1. The van der Waals surface area contributed by atoms with Crippen molar-refractivity contribution >= 4 is 22.4 Å². The average Bonchev–Trinajstić information content (AvgIpc) is 2.97. The van der Waals surface area contributed by atoms with Crippen LogP contribution in [-0.4, -0.2) is 44.1 Å². The van der Waals surface area contributed by atoms with Crippen molar-refractivity contribution in [2.45, 2.75) is 13.3 Å². The number of nitriles is 1. The second-order valence-corrected chi connectivity index (χ2v) is 9.89. The highest BCUT2D eigenvalue weighted by Crippen LogP contribution is 2.39. The van der Waals surface area contributed by atoms with E-state index in [2.05, 4.69) is 23.1 Å². The monoisotopic (exact) mass is 507 g/mol. The SMILES string of the molecule is COc1ccccc1-c1ccc2ccccc2c1CC(C)(C#N)C(=O)N1CCN(c2cccc(F)c2)CC1. The Morgan fingerprint density at radius 3 is 2.42 bits per heavy atom. The van der Waals surface area contributed by atoms with E-state index in [1.165, 1.54) is 12.1 Å². The number of carbonyl (C=O) groups excluding carboxylic acids is 1. The van der Waals surface area contributed by atoms with Gasteiger partial charge in [0.05, 0.1) is 13.2 Å². The van der Waals surface area contributed by atoms with Crippen molar-refractivity contribution in [2.24, 2.45) is 5.41 Å². The van der Waals surface area contributed by atoms with Gasteiger partial charge in [-0.05, 0) is 53.1 Å². The third-order valence-electron chi connectivity index (χ3n) is 7.43. The standard InChI is InChI=1S/C32H30FN3O2/c1-32(22-34,31(37)36-18-16-35(17-19-36)25-10-7-9-24(33)20-25)21-29-26-11-4-3-8-23(26)14-15-27(29)28-12-5-6-13-30(28)38-2/h3-15,20H,16-19,21H2,1-2H3. The van der Waals surface area contributed by atoms with Crippen LogP contribution in [0.15, 0.2) is 84.9 Å². The van der Waals surface area contributed by atoms with Gasteiger partial charge in [-0.2, -0.15) is 5.26 Å². The Hall–Kier alpha value is -4.37. The number of benzene rings is 4. The zero-order chi connectivity index (χ0) is 26.7. The average molecular weight is 508 g/mol. The molecule has 4 aromatic carbocycles. The van der Waals surface area contributed by atoms with Crippen LogP contribution < -0.4 is 9.64 Å². The molecule has 1 amide bonds. The maximum absolute atomic E-state index is 13.9. The van der Waals surface area contributed by atoms with E-state index in [-0.39, 0.29) is 18.1 Å². The topological polar surface area (TPSA) is 56.6 Å². The molecule has 0 spiro atoms. The molecule has 1 fully saturated rings. The number of amides is 1. The Labute approximate surface area is 222 Å². The summed E-state index contributed by atoms with van der Waals surface area (Å²) >= 11 is 0. The molecule has 0 aliphatic carbocycles. The fourth-order valence-corrected chi connectivity index (χ4v) is 5.35. The van der Waals surface area contributed by atoms with Crippen LogP contribution in [0.25, 0.3) is 21.9 Å². The van der Waals surface area contributed by atoms with Crippen LogP contribution in [0, 0.1) is 22.6 Å². The number of ether oxygens (including phenoxy) is 1. The molecule has 0 N–H and O–H groups in total. The lowest BCUT2D eigenvalue weighted by molar-refractivity contribution is -0.138. The smallest absolute Gasteiger partial charge is 0.243 e. The molecular weight excluding hydrogens is 477 g/mol. The number of methoxy groups -OCH3 is 1. The van der Waals surface area contributed by atoms with Gasteiger partial charge in [-0.3, -0.25) is 4.79 Å². The Morgan fingerprint density at radius 2 is 1.68 bits per heavy atom. The maximum atomic E-state index is 13.9. The van der Waals surface area contributed by atoms with Crippen LogP contribution in [0.4, 0.5) is 10.1 Å². The molecule has 5 rings (SSSR count). The normalized spacial score (nSPS) is 15.1. The van der Waals surface area contributed by atoms with Gasteiger partial charge in [-0.25, -0.2) is 4.39 Å². The summed E-state index contributed by atoms with van der Waals surface area (Å²) in [5, 5.41) is 12.4. The van der Waals surface area contributed by atoms with Crippen molar-refractivity contribution in [3.8, 4) is 22.9 Å². The Kier molecular flexibility index (Phi) is 7.02. The van der Waals surface area contributed by atoms with Crippen LogP contribution in [0.1, 0.15) is 12.5 Å². The number of anilines is 1. The van der Waals surface area contributed by atoms with Gasteiger partial charge in [-0.1, -0.05) is 60.7 Å². The second kappa shape index (κ2) is 10.5. The van der Waals surface area contributed by atoms with E-state index < -0.39 is 5.41 Å². The molecule has 0 aromatic heterocycles. The number of rotatable bonds is 6. The zero-order valence-corrected chi connectivity index (χ0v) is 21.7. The van der Waals surface area contributed by atoms with E-state index in [0.717, 1.165) is 38.9 Å². The highest BCUT2D eigenvalue weighted by molar-refractivity contribution is 5.94. The van der Waals surface area contributed by atoms with Crippen LogP contribution in [0.3, 0.4) is 0 Å². The summed E-state index contributed by atoms with van der Waals surface area (Å²) in [4.78, 5) is 17.7. The highest BCUT2D eigenvalue weighted by Gasteiger charge is 2.39. The van der Waals surface area contributed by atoms with Gasteiger partial charge in [0.1, 0.15) is 17.0 Å². The molecule has 1 saturated heterocycles. The predicted octanol–water partition coefficient (Wildman–Crippen LogP) is 6.08. The van der Waals surface area contributed by atoms with Crippen LogP contribution in [0.2, 0.25) is 0 Å². The van der Waals surface area contributed by atoms with Gasteiger partial charge in [0.25, 0.3) is 0 Å². The van der Waals surface area contributed by atoms with Crippen LogP contribution in [-0.2, 0) is 11.2 Å². The Balaban J connectivity index is 1.46. The number of halogens is 1. The summed E-state index contributed by atoms with van der Waals surface area (Å²) < 4.78 is 19.4. The van der Waals surface area contributed by atoms with E-state index in [4.69, 9.17) is 4.74 Å². The highest BCUT2D eigenvalue weighted by atomic mass is 19.1. The summed E-state index contributed by atoms with van der Waals surface area (Å²) in [7, 11) is 1.64. The fourth-order valence-electron chi connectivity index (χ4n) is 5.35. The van der Waals surface area contributed by atoms with E-state index in [9.17, 15) is 14.4 Å². The lowest BCUT2D eigenvalue weighted by atomic mass is 9.79. The molecule has 4 aromatic rings. The molecule has 0 bridgehead atoms. The molecule has 5 nitrogen and oxygen atoms in total. The largest absolute Gasteiger partial charge is 0.496 e. The zero-order valence-electron chi connectivity index (χ0n) is 21.7. The summed E-state index contributed by atoms with van der Waals surface area (Å²) in [5.41, 5.74) is 2.36. The minimum absolute atomic E-state index is 0.183. The predicted molar refractivity (Wildman–Crippen MR) is 149 cm³/mol. The molecule has 0 saturated carbocycles. The van der Waals surface area contributed by atoms with E-state index >= 15 is 0 Å². The summed E-state index contributed by atoms with van der Waals surface area (Å²) in [6, 6.07) is 28.8. The molecule has 0 radical (unpaired) electrons. The van der Waals surface area contributed by atoms with Crippen LogP contribution >= 0.6 is 0 Å². The van der Waals surface area contributed by atoms with Gasteiger partial charge in [0.15, 0.2) is 0 Å². The number of piperazine rings is 1. The second-order valence-electron chi connectivity index (χ2n) is 9.89. The number of hydrogen-bond acceptors (Lipinski definition) is 4. The van der Waals surface area contributed by atoms with Crippen LogP contribution in [0.5, 0.6) is 5.75 Å². The number of hydrogen-bond donors (Lipinski definition) is 0. The number of fused-ring (bicyclic) bond motifs is 1. The lowest BCUT2D eigenvalue weighted by Crippen LogP contribution is -2.53. The lowest BCUT2D eigenvalue weighted by Gasteiger charge is -2.39. The Bertz CT molecular complexity index is 1520. The molecule has 38 heavy (non-hydrogen) atoms. The van der Waals surface area contributed by atoms with E-state index in [0.29, 0.717) is 26.2 Å². The van der Waals surface area contributed by atoms with E-state index in [1.807, 2.05) is 54.6 Å². The maximum Gasteiger partial charge on any atom is 0.243 e. The Morgan fingerprint density at radius 1 is 0.947 bits per heavy atom. The first-order chi connectivity index (χ1) is 18.4. The molecule has 1 aliphatic heterocycles. The molecule has 1 atom stereocenters. The molecular formula is C32H30FN3O2. The first-order valence-corrected chi connectivity index (χ1v) is 12.8. The minimum atomic E-state index is -1.26. The van der Waals surface area contributed by atoms with Gasteiger partial charge in [-0.15, -0.1) is 0 Å². The first-order valence-electron chi connectivity index (χ1n) is 12.8. The van der Waals surface area contributed by atoms with Gasteiger partial charge >= 0.3 is 0 Å². The van der Waals surface area contributed by atoms with Crippen molar-refractivity contribution in [2.75, 3.05) is 38.2 Å².